The van der Waals surface area contributed by atoms with Crippen LogP contribution < -0.4 is 16.0 Å². The molecule has 8 nitrogen and oxygen atoms in total. The highest BCUT2D eigenvalue weighted by Crippen LogP contribution is 2.28. The summed E-state index contributed by atoms with van der Waals surface area (Å²) in [7, 11) is 1.51. The molecule has 0 aliphatic carbocycles. The summed E-state index contributed by atoms with van der Waals surface area (Å²) in [6, 6.07) is 5.62. The van der Waals surface area contributed by atoms with Crippen LogP contribution >= 0.6 is 23.1 Å². The van der Waals surface area contributed by atoms with Crippen molar-refractivity contribution in [1.29, 1.82) is 0 Å². The number of rotatable bonds is 8. The van der Waals surface area contributed by atoms with Crippen LogP contribution in [0.5, 0.6) is 0 Å². The first-order valence-electron chi connectivity index (χ1n) is 7.13. The predicted octanol–water partition coefficient (Wildman–Crippen LogP) is 1.99. The Labute approximate surface area is 151 Å². The number of aromatic nitrogens is 2. The van der Waals surface area contributed by atoms with Crippen molar-refractivity contribution in [3.8, 4) is 0 Å². The third-order valence-corrected chi connectivity index (χ3v) is 4.67. The first-order valence-corrected chi connectivity index (χ1v) is 8.93. The van der Waals surface area contributed by atoms with Gasteiger partial charge in [0.25, 0.3) is 0 Å². The topological polar surface area (TPSA) is 105 Å². The number of hydrogen-bond acceptors (Lipinski definition) is 8. The van der Waals surface area contributed by atoms with Crippen LogP contribution in [0.15, 0.2) is 28.6 Å². The Morgan fingerprint density at radius 2 is 2.12 bits per heavy atom. The van der Waals surface area contributed by atoms with Gasteiger partial charge in [-0.05, 0) is 12.1 Å². The number of carbonyl (C=O) groups is 2. The third-order valence-electron chi connectivity index (χ3n) is 2.69. The summed E-state index contributed by atoms with van der Waals surface area (Å²) in [6.45, 7) is 0.670. The standard InChI is InChI=1S/C14H16FN5O3S2/c1-23-7-6-16-12(22)18-11(21)8-24-14-20-19-13(25-14)17-10-5-3-2-4-9(10)15/h2-5H,6-8H2,1H3,(H,17,19)(H2,16,18,21,22). The SMILES string of the molecule is COCCNC(=O)NC(=O)CSc1nnc(Nc2ccccc2F)s1. The average molecular weight is 385 g/mol. The number of nitrogens with one attached hydrogen (secondary N) is 3. The molecule has 134 valence electrons. The van der Waals surface area contributed by atoms with E-state index >= 15 is 0 Å². The smallest absolute Gasteiger partial charge is 0.321 e. The molecule has 0 saturated carbocycles. The number of carbonyl (C=O) groups excluding carboxylic acids is 2. The number of methoxy groups -OCH3 is 1. The molecule has 25 heavy (non-hydrogen) atoms. The zero-order valence-electron chi connectivity index (χ0n) is 13.2. The van der Waals surface area contributed by atoms with Crippen molar-refractivity contribution >= 4 is 45.9 Å². The first kappa shape index (κ1) is 19.1. The van der Waals surface area contributed by atoms with Crippen LogP contribution in [0.25, 0.3) is 0 Å². The molecule has 3 N–H and O–H groups in total. The second kappa shape index (κ2) is 9.91. The van der Waals surface area contributed by atoms with Gasteiger partial charge in [-0.25, -0.2) is 9.18 Å². The number of benzene rings is 1. The Bertz CT molecular complexity index is 728. The Kier molecular flexibility index (Phi) is 7.57. The molecule has 11 heteroatoms. The van der Waals surface area contributed by atoms with Gasteiger partial charge in [-0.15, -0.1) is 10.2 Å². The van der Waals surface area contributed by atoms with Gasteiger partial charge < -0.3 is 15.4 Å². The van der Waals surface area contributed by atoms with E-state index < -0.39 is 17.8 Å². The molecule has 0 bridgehead atoms. The highest BCUT2D eigenvalue weighted by molar-refractivity contribution is 8.01. The number of anilines is 2. The average Bonchev–Trinajstić information content (AvgIpc) is 3.03. The van der Waals surface area contributed by atoms with Gasteiger partial charge in [0, 0.05) is 13.7 Å². The molecular weight excluding hydrogens is 369 g/mol. The fourth-order valence-corrected chi connectivity index (χ4v) is 3.16. The zero-order chi connectivity index (χ0) is 18.1. The summed E-state index contributed by atoms with van der Waals surface area (Å²) in [5.41, 5.74) is 0.292. The van der Waals surface area contributed by atoms with Crippen LogP contribution in [0, 0.1) is 5.82 Å². The van der Waals surface area contributed by atoms with E-state index in [-0.39, 0.29) is 5.75 Å². The molecule has 2 aromatic rings. The Balaban J connectivity index is 1.76. The van der Waals surface area contributed by atoms with Gasteiger partial charge in [0.05, 0.1) is 18.0 Å². The van der Waals surface area contributed by atoms with E-state index in [1.807, 2.05) is 0 Å². The Morgan fingerprint density at radius 1 is 1.32 bits per heavy atom. The zero-order valence-corrected chi connectivity index (χ0v) is 14.9. The van der Waals surface area contributed by atoms with Crippen LogP contribution in [0.2, 0.25) is 0 Å². The molecular formula is C14H16FN5O3S2. The maximum absolute atomic E-state index is 13.6. The molecule has 1 aromatic heterocycles. The lowest BCUT2D eigenvalue weighted by Gasteiger charge is -2.05. The third kappa shape index (κ3) is 6.64. The fraction of sp³-hybridized carbons (Fsp3) is 0.286. The van der Waals surface area contributed by atoms with Gasteiger partial charge in [0.1, 0.15) is 5.82 Å². The number of ether oxygens (including phenoxy) is 1. The number of nitrogens with zero attached hydrogens (tertiary/aromatic N) is 2. The molecule has 0 unspecified atom stereocenters. The molecule has 1 aromatic carbocycles. The van der Waals surface area contributed by atoms with E-state index in [1.54, 1.807) is 18.2 Å². The maximum atomic E-state index is 13.6. The largest absolute Gasteiger partial charge is 0.383 e. The van der Waals surface area contributed by atoms with E-state index in [0.29, 0.717) is 28.3 Å². The molecule has 0 fully saturated rings. The van der Waals surface area contributed by atoms with E-state index in [0.717, 1.165) is 11.8 Å². The quantitative estimate of drug-likeness (QED) is 0.471. The van der Waals surface area contributed by atoms with Crippen molar-refractivity contribution in [3.05, 3.63) is 30.1 Å². The second-order valence-corrected chi connectivity index (χ2v) is 6.76. The van der Waals surface area contributed by atoms with Gasteiger partial charge in [-0.1, -0.05) is 35.2 Å². The molecule has 2 rings (SSSR count). The lowest BCUT2D eigenvalue weighted by Crippen LogP contribution is -2.41. The summed E-state index contributed by atoms with van der Waals surface area (Å²) in [4.78, 5) is 23.1. The van der Waals surface area contributed by atoms with Gasteiger partial charge in [0.2, 0.25) is 11.0 Å². The fourth-order valence-electron chi connectivity index (χ4n) is 1.60. The second-order valence-electron chi connectivity index (χ2n) is 4.56. The van der Waals surface area contributed by atoms with Crippen molar-refractivity contribution in [3.63, 3.8) is 0 Å². The number of thioether (sulfide) groups is 1. The van der Waals surface area contributed by atoms with E-state index in [1.165, 1.54) is 24.5 Å². The summed E-state index contributed by atoms with van der Waals surface area (Å²) in [6.07, 6.45) is 0. The minimum absolute atomic E-state index is 0.00598. The number of urea groups is 1. The van der Waals surface area contributed by atoms with Crippen molar-refractivity contribution in [2.45, 2.75) is 4.34 Å². The highest BCUT2D eigenvalue weighted by atomic mass is 32.2. The van der Waals surface area contributed by atoms with E-state index in [2.05, 4.69) is 26.1 Å². The van der Waals surface area contributed by atoms with Gasteiger partial charge in [-0.3, -0.25) is 10.1 Å². The molecule has 0 atom stereocenters. The Morgan fingerprint density at radius 3 is 2.88 bits per heavy atom. The monoisotopic (exact) mass is 385 g/mol. The van der Waals surface area contributed by atoms with Gasteiger partial charge in [-0.2, -0.15) is 0 Å². The normalized spacial score (nSPS) is 10.3. The number of amides is 3. The van der Waals surface area contributed by atoms with Crippen molar-refractivity contribution in [1.82, 2.24) is 20.8 Å². The summed E-state index contributed by atoms with van der Waals surface area (Å²) < 4.78 is 18.9. The van der Waals surface area contributed by atoms with Crippen LogP contribution in [0.1, 0.15) is 0 Å². The maximum Gasteiger partial charge on any atom is 0.321 e. The van der Waals surface area contributed by atoms with Crippen LogP contribution in [-0.4, -0.2) is 48.1 Å². The van der Waals surface area contributed by atoms with Crippen LogP contribution in [0.3, 0.4) is 0 Å². The summed E-state index contributed by atoms with van der Waals surface area (Å²) in [5, 5.41) is 15.7. The van der Waals surface area contributed by atoms with Crippen molar-refractivity contribution < 1.29 is 18.7 Å². The molecule has 0 spiro atoms. The predicted molar refractivity (Wildman–Crippen MR) is 93.7 cm³/mol. The molecule has 0 aliphatic rings. The van der Waals surface area contributed by atoms with Gasteiger partial charge >= 0.3 is 6.03 Å². The summed E-state index contributed by atoms with van der Waals surface area (Å²) >= 11 is 2.31. The molecule has 0 saturated heterocycles. The highest BCUT2D eigenvalue weighted by Gasteiger charge is 2.11. The molecule has 0 aliphatic heterocycles. The Hall–Kier alpha value is -2.24. The van der Waals surface area contributed by atoms with E-state index in [4.69, 9.17) is 4.74 Å². The first-order chi connectivity index (χ1) is 12.1. The summed E-state index contributed by atoms with van der Waals surface area (Å²) in [5.74, 6) is -0.851. The minimum Gasteiger partial charge on any atom is -0.383 e. The van der Waals surface area contributed by atoms with Crippen LogP contribution in [-0.2, 0) is 9.53 Å². The van der Waals surface area contributed by atoms with Crippen molar-refractivity contribution in [2.24, 2.45) is 0 Å². The minimum atomic E-state index is -0.582. The lowest BCUT2D eigenvalue weighted by atomic mass is 10.3. The molecule has 0 radical (unpaired) electrons. The van der Waals surface area contributed by atoms with Crippen molar-refractivity contribution in [2.75, 3.05) is 31.3 Å². The number of imide groups is 1. The van der Waals surface area contributed by atoms with E-state index in [9.17, 15) is 14.0 Å². The number of para-hydroxylation sites is 1. The molecule has 1 heterocycles. The number of halogens is 1. The number of hydrogen-bond donors (Lipinski definition) is 3. The lowest BCUT2D eigenvalue weighted by molar-refractivity contribution is -0.117. The van der Waals surface area contributed by atoms with Crippen LogP contribution in [0.4, 0.5) is 20.0 Å². The molecule has 3 amide bonds. The van der Waals surface area contributed by atoms with Gasteiger partial charge in [0.15, 0.2) is 4.34 Å².